The molecular formula is C9H11ClFN. The van der Waals surface area contributed by atoms with Crippen molar-refractivity contribution in [3.8, 4) is 0 Å². The molecule has 0 fully saturated rings. The molecule has 0 aromatic heterocycles. The average Bonchev–Trinajstić information content (AvgIpc) is 2.08. The molecular weight excluding hydrogens is 177 g/mol. The molecule has 3 heteroatoms. The summed E-state index contributed by atoms with van der Waals surface area (Å²) in [5.41, 5.74) is 7.27. The zero-order valence-electron chi connectivity index (χ0n) is 7.12. The third-order valence-electron chi connectivity index (χ3n) is 2.02. The highest BCUT2D eigenvalue weighted by atomic mass is 35.5. The number of hydrogen-bond donors (Lipinski definition) is 1. The van der Waals surface area contributed by atoms with E-state index < -0.39 is 0 Å². The fourth-order valence-corrected chi connectivity index (χ4v) is 1.32. The molecule has 1 nitrogen and oxygen atoms in total. The maximum atomic E-state index is 13.3. The minimum Gasteiger partial charge on any atom is -0.326 e. The van der Waals surface area contributed by atoms with Gasteiger partial charge >= 0.3 is 0 Å². The summed E-state index contributed by atoms with van der Waals surface area (Å²) >= 11 is 5.77. The van der Waals surface area contributed by atoms with Crippen LogP contribution in [0.15, 0.2) is 6.07 Å². The van der Waals surface area contributed by atoms with Crippen LogP contribution in [0.2, 0.25) is 5.02 Å². The van der Waals surface area contributed by atoms with E-state index in [-0.39, 0.29) is 5.82 Å². The van der Waals surface area contributed by atoms with Crippen LogP contribution < -0.4 is 5.73 Å². The minimum absolute atomic E-state index is 0.247. The Morgan fingerprint density at radius 2 is 2.00 bits per heavy atom. The predicted molar refractivity (Wildman–Crippen MR) is 48.8 cm³/mol. The quantitative estimate of drug-likeness (QED) is 0.719. The molecule has 0 bridgehead atoms. The lowest BCUT2D eigenvalue weighted by Gasteiger charge is -2.08. The van der Waals surface area contributed by atoms with Gasteiger partial charge in [-0.15, -0.1) is 0 Å². The van der Waals surface area contributed by atoms with E-state index in [2.05, 4.69) is 0 Å². The maximum absolute atomic E-state index is 13.3. The Morgan fingerprint density at radius 3 is 2.50 bits per heavy atom. The summed E-state index contributed by atoms with van der Waals surface area (Å²) in [5.74, 6) is -0.247. The Morgan fingerprint density at radius 1 is 1.42 bits per heavy atom. The van der Waals surface area contributed by atoms with Crippen LogP contribution in [0.1, 0.15) is 16.7 Å². The summed E-state index contributed by atoms with van der Waals surface area (Å²) in [4.78, 5) is 0. The average molecular weight is 188 g/mol. The molecule has 0 aliphatic rings. The third kappa shape index (κ3) is 1.45. The van der Waals surface area contributed by atoms with Crippen molar-refractivity contribution >= 4 is 11.6 Å². The molecule has 0 saturated carbocycles. The summed E-state index contributed by atoms with van der Waals surface area (Å²) in [6.45, 7) is 3.69. The fourth-order valence-electron chi connectivity index (χ4n) is 1.11. The summed E-state index contributed by atoms with van der Waals surface area (Å²) < 4.78 is 13.3. The van der Waals surface area contributed by atoms with Crippen molar-refractivity contribution in [1.29, 1.82) is 0 Å². The second-order valence-electron chi connectivity index (χ2n) is 2.79. The van der Waals surface area contributed by atoms with Gasteiger partial charge in [-0.1, -0.05) is 11.6 Å². The van der Waals surface area contributed by atoms with E-state index in [9.17, 15) is 4.39 Å². The molecule has 0 amide bonds. The SMILES string of the molecule is Cc1c(Cl)cc(CN)c(C)c1F. The van der Waals surface area contributed by atoms with Gasteiger partial charge in [0.2, 0.25) is 0 Å². The van der Waals surface area contributed by atoms with Crippen molar-refractivity contribution < 1.29 is 4.39 Å². The molecule has 0 spiro atoms. The highest BCUT2D eigenvalue weighted by molar-refractivity contribution is 6.31. The van der Waals surface area contributed by atoms with Gasteiger partial charge in [0.15, 0.2) is 0 Å². The van der Waals surface area contributed by atoms with Crippen molar-refractivity contribution in [2.24, 2.45) is 5.73 Å². The topological polar surface area (TPSA) is 26.0 Å². The Kier molecular flexibility index (Phi) is 2.70. The van der Waals surface area contributed by atoms with Crippen molar-refractivity contribution in [2.75, 3.05) is 0 Å². The molecule has 0 atom stereocenters. The molecule has 1 aromatic carbocycles. The number of rotatable bonds is 1. The molecule has 0 unspecified atom stereocenters. The molecule has 0 aliphatic carbocycles. The van der Waals surface area contributed by atoms with Crippen LogP contribution in [0, 0.1) is 19.7 Å². The first-order chi connectivity index (χ1) is 5.57. The van der Waals surface area contributed by atoms with Crippen LogP contribution in [-0.2, 0) is 6.54 Å². The molecule has 1 rings (SSSR count). The number of halogens is 2. The van der Waals surface area contributed by atoms with E-state index in [1.807, 2.05) is 0 Å². The summed E-state index contributed by atoms with van der Waals surface area (Å²) in [6, 6.07) is 1.72. The second-order valence-corrected chi connectivity index (χ2v) is 3.19. The van der Waals surface area contributed by atoms with Gasteiger partial charge < -0.3 is 5.73 Å². The first-order valence-electron chi connectivity index (χ1n) is 3.72. The lowest BCUT2D eigenvalue weighted by atomic mass is 10.0. The largest absolute Gasteiger partial charge is 0.326 e. The van der Waals surface area contributed by atoms with E-state index in [4.69, 9.17) is 17.3 Å². The highest BCUT2D eigenvalue weighted by Crippen LogP contribution is 2.24. The molecule has 1 aromatic rings. The molecule has 66 valence electrons. The van der Waals surface area contributed by atoms with Crippen LogP contribution in [0.25, 0.3) is 0 Å². The lowest BCUT2D eigenvalue weighted by molar-refractivity contribution is 0.606. The van der Waals surface area contributed by atoms with Gasteiger partial charge in [0.25, 0.3) is 0 Å². The van der Waals surface area contributed by atoms with Gasteiger partial charge in [0.05, 0.1) is 0 Å². The zero-order chi connectivity index (χ0) is 9.30. The van der Waals surface area contributed by atoms with E-state index in [0.717, 1.165) is 5.56 Å². The Bertz CT molecular complexity index is 310. The van der Waals surface area contributed by atoms with Crippen LogP contribution in [0.4, 0.5) is 4.39 Å². The van der Waals surface area contributed by atoms with Crippen LogP contribution in [0.3, 0.4) is 0 Å². The van der Waals surface area contributed by atoms with E-state index in [1.165, 1.54) is 0 Å². The van der Waals surface area contributed by atoms with E-state index in [1.54, 1.807) is 19.9 Å². The van der Waals surface area contributed by atoms with Gasteiger partial charge in [-0.25, -0.2) is 4.39 Å². The highest BCUT2D eigenvalue weighted by Gasteiger charge is 2.09. The smallest absolute Gasteiger partial charge is 0.130 e. The van der Waals surface area contributed by atoms with Crippen molar-refractivity contribution in [3.05, 3.63) is 33.6 Å². The van der Waals surface area contributed by atoms with Crippen LogP contribution in [0.5, 0.6) is 0 Å². The summed E-state index contributed by atoms with van der Waals surface area (Å²) in [6.07, 6.45) is 0. The van der Waals surface area contributed by atoms with E-state index >= 15 is 0 Å². The predicted octanol–water partition coefficient (Wildman–Crippen LogP) is 2.55. The number of nitrogens with two attached hydrogens (primary N) is 1. The van der Waals surface area contributed by atoms with Crippen molar-refractivity contribution in [2.45, 2.75) is 20.4 Å². The van der Waals surface area contributed by atoms with Gasteiger partial charge in [-0.3, -0.25) is 0 Å². The van der Waals surface area contributed by atoms with Gasteiger partial charge in [0, 0.05) is 17.1 Å². The van der Waals surface area contributed by atoms with Crippen LogP contribution in [-0.4, -0.2) is 0 Å². The molecule has 12 heavy (non-hydrogen) atoms. The fraction of sp³-hybridized carbons (Fsp3) is 0.333. The Hall–Kier alpha value is -0.600. The van der Waals surface area contributed by atoms with Gasteiger partial charge in [-0.2, -0.15) is 0 Å². The van der Waals surface area contributed by atoms with Crippen molar-refractivity contribution in [3.63, 3.8) is 0 Å². The first kappa shape index (κ1) is 9.49. The second kappa shape index (κ2) is 3.42. The van der Waals surface area contributed by atoms with E-state index in [0.29, 0.717) is 22.7 Å². The molecule has 0 aliphatic heterocycles. The minimum atomic E-state index is -0.247. The normalized spacial score (nSPS) is 10.4. The monoisotopic (exact) mass is 187 g/mol. The molecule has 0 radical (unpaired) electrons. The molecule has 0 saturated heterocycles. The van der Waals surface area contributed by atoms with Crippen LogP contribution >= 0.6 is 11.6 Å². The lowest BCUT2D eigenvalue weighted by Crippen LogP contribution is -2.02. The van der Waals surface area contributed by atoms with Crippen molar-refractivity contribution in [1.82, 2.24) is 0 Å². The summed E-state index contributed by atoms with van der Waals surface area (Å²) in [5, 5.41) is 0.443. The standard InChI is InChI=1S/C9H11ClFN/c1-5-7(4-12)3-8(10)6(2)9(5)11/h3H,4,12H2,1-2H3. The number of benzene rings is 1. The third-order valence-corrected chi connectivity index (χ3v) is 2.41. The first-order valence-corrected chi connectivity index (χ1v) is 4.10. The molecule has 2 N–H and O–H groups in total. The van der Waals surface area contributed by atoms with Gasteiger partial charge in [-0.05, 0) is 31.0 Å². The number of hydrogen-bond acceptors (Lipinski definition) is 1. The summed E-state index contributed by atoms with van der Waals surface area (Å²) in [7, 11) is 0. The van der Waals surface area contributed by atoms with Gasteiger partial charge in [0.1, 0.15) is 5.82 Å². The zero-order valence-corrected chi connectivity index (χ0v) is 7.87. The maximum Gasteiger partial charge on any atom is 0.130 e. The molecule has 0 heterocycles. The Balaban J connectivity index is 3.39. The Labute approximate surface area is 76.3 Å².